The van der Waals surface area contributed by atoms with E-state index in [1.807, 2.05) is 0 Å². The van der Waals surface area contributed by atoms with Gasteiger partial charge in [0.15, 0.2) is 0 Å². The molecule has 0 atom stereocenters. The summed E-state index contributed by atoms with van der Waals surface area (Å²) in [6.45, 7) is 0. The maximum absolute atomic E-state index is 3.51. The summed E-state index contributed by atoms with van der Waals surface area (Å²) in [6, 6.07) is 0. The molecule has 0 fully saturated rings. The Balaban J connectivity index is 2.72. The third-order valence-corrected chi connectivity index (χ3v) is 4.98. The Morgan fingerprint density at radius 2 is 0.786 bits per heavy atom. The fraction of sp³-hybridized carbons (Fsp3) is 0.500. The SMILES string of the molecule is BrC(Br)(Br)C1C=CC(C(Br)(Br)Br)C=C1. The lowest BCUT2D eigenvalue weighted by Crippen LogP contribution is -2.20. The van der Waals surface area contributed by atoms with E-state index in [1.54, 1.807) is 0 Å². The minimum absolute atomic E-state index is 0.251. The lowest BCUT2D eigenvalue weighted by atomic mass is 9.99. The van der Waals surface area contributed by atoms with Gasteiger partial charge in [0.2, 0.25) is 0 Å². The molecule has 1 aliphatic rings. The number of hydrogen-bond acceptors (Lipinski definition) is 0. The number of allylic oxidation sites excluding steroid dienone is 4. The maximum Gasteiger partial charge on any atom is 0.144 e. The Labute approximate surface area is 134 Å². The molecule has 1 aliphatic carbocycles. The van der Waals surface area contributed by atoms with Gasteiger partial charge in [-0.1, -0.05) is 120 Å². The molecule has 0 radical (unpaired) electrons. The van der Waals surface area contributed by atoms with Crippen LogP contribution in [0, 0.1) is 11.8 Å². The zero-order valence-corrected chi connectivity index (χ0v) is 16.2. The molecule has 0 aromatic heterocycles. The topological polar surface area (TPSA) is 0 Å². The van der Waals surface area contributed by atoms with Crippen LogP contribution in [0.15, 0.2) is 24.3 Å². The van der Waals surface area contributed by atoms with E-state index in [0.29, 0.717) is 0 Å². The normalized spacial score (nSPS) is 28.1. The lowest BCUT2D eigenvalue weighted by molar-refractivity contribution is 0.799. The van der Waals surface area contributed by atoms with Gasteiger partial charge in [0.05, 0.1) is 0 Å². The van der Waals surface area contributed by atoms with Crippen molar-refractivity contribution in [2.45, 2.75) is 4.29 Å². The van der Waals surface area contributed by atoms with Crippen molar-refractivity contribution in [1.82, 2.24) is 0 Å². The Bertz CT molecular complexity index is 216. The van der Waals surface area contributed by atoms with E-state index >= 15 is 0 Å². The quantitative estimate of drug-likeness (QED) is 0.243. The monoisotopic (exact) mass is 576 g/mol. The molecule has 80 valence electrons. The van der Waals surface area contributed by atoms with Crippen LogP contribution in [0.2, 0.25) is 0 Å². The van der Waals surface area contributed by atoms with Crippen LogP contribution in [0.4, 0.5) is 0 Å². The highest BCUT2D eigenvalue weighted by atomic mass is 80.0. The van der Waals surface area contributed by atoms with Crippen molar-refractivity contribution in [1.29, 1.82) is 0 Å². The van der Waals surface area contributed by atoms with Gasteiger partial charge < -0.3 is 0 Å². The molecular weight excluding hydrogens is 576 g/mol. The van der Waals surface area contributed by atoms with Crippen molar-refractivity contribution >= 4 is 95.6 Å². The van der Waals surface area contributed by atoms with Crippen molar-refractivity contribution in [3.8, 4) is 0 Å². The second-order valence-electron chi connectivity index (χ2n) is 2.90. The van der Waals surface area contributed by atoms with Crippen molar-refractivity contribution < 1.29 is 0 Å². The van der Waals surface area contributed by atoms with Crippen LogP contribution in [0.3, 0.4) is 0 Å². The molecule has 1 rings (SSSR count). The van der Waals surface area contributed by atoms with E-state index in [4.69, 9.17) is 0 Å². The predicted octanol–water partition coefficient (Wildman–Crippen LogP) is 6.02. The maximum atomic E-state index is 3.51. The fourth-order valence-electron chi connectivity index (χ4n) is 1.04. The van der Waals surface area contributed by atoms with Crippen LogP contribution < -0.4 is 0 Å². The molecule has 0 aromatic rings. The molecule has 0 N–H and O–H groups in total. The van der Waals surface area contributed by atoms with Crippen molar-refractivity contribution in [2.75, 3.05) is 0 Å². The van der Waals surface area contributed by atoms with Gasteiger partial charge >= 0.3 is 0 Å². The van der Waals surface area contributed by atoms with Gasteiger partial charge in [-0.2, -0.15) is 0 Å². The first-order valence-electron chi connectivity index (χ1n) is 3.71. The second-order valence-corrected chi connectivity index (χ2v) is 16.8. The zero-order chi connectivity index (χ0) is 11.0. The molecule has 0 aliphatic heterocycles. The Morgan fingerprint density at radius 3 is 0.929 bits per heavy atom. The summed E-state index contributed by atoms with van der Waals surface area (Å²) >= 11 is 21.0. The van der Waals surface area contributed by atoms with Crippen LogP contribution in [0.5, 0.6) is 0 Å². The van der Waals surface area contributed by atoms with E-state index in [9.17, 15) is 0 Å². The smallest absolute Gasteiger partial charge is 0.0778 e. The summed E-state index contributed by atoms with van der Waals surface area (Å²) in [5.74, 6) is 0.571. The molecular formula is C8H6Br6. The number of halogens is 6. The number of rotatable bonds is 0. The van der Waals surface area contributed by atoms with Gasteiger partial charge in [-0.3, -0.25) is 0 Å². The zero-order valence-electron chi connectivity index (χ0n) is 6.73. The van der Waals surface area contributed by atoms with Crippen molar-refractivity contribution in [3.63, 3.8) is 0 Å². The highest BCUT2D eigenvalue weighted by Gasteiger charge is 2.33. The molecule has 0 aromatic carbocycles. The molecule has 6 heteroatoms. The average Bonchev–Trinajstić information content (AvgIpc) is 2.01. The molecule has 0 saturated heterocycles. The molecule has 0 unspecified atom stereocenters. The number of alkyl halides is 6. The summed E-state index contributed by atoms with van der Waals surface area (Å²) in [5.41, 5.74) is 0. The molecule has 0 amide bonds. The van der Waals surface area contributed by atoms with Gasteiger partial charge in [0, 0.05) is 11.8 Å². The largest absolute Gasteiger partial charge is 0.144 e. The third kappa shape index (κ3) is 4.32. The van der Waals surface area contributed by atoms with Crippen LogP contribution in [0.1, 0.15) is 0 Å². The fourth-order valence-corrected chi connectivity index (χ4v) is 2.87. The summed E-state index contributed by atoms with van der Waals surface area (Å²) in [5, 5.41) is 0. The average molecular weight is 582 g/mol. The van der Waals surface area contributed by atoms with Gasteiger partial charge in [-0.05, 0) is 0 Å². The second kappa shape index (κ2) is 5.34. The predicted molar refractivity (Wildman–Crippen MR) is 84.3 cm³/mol. The number of hydrogen-bond donors (Lipinski definition) is 0. The molecule has 0 spiro atoms. The minimum atomic E-state index is -0.251. The first kappa shape index (κ1) is 14.4. The van der Waals surface area contributed by atoms with Crippen molar-refractivity contribution in [2.24, 2.45) is 11.8 Å². The van der Waals surface area contributed by atoms with Crippen LogP contribution in [0.25, 0.3) is 0 Å². The van der Waals surface area contributed by atoms with Crippen LogP contribution in [-0.4, -0.2) is 4.29 Å². The minimum Gasteiger partial charge on any atom is -0.0778 e. The van der Waals surface area contributed by atoms with Crippen LogP contribution in [-0.2, 0) is 0 Å². The first-order valence-corrected chi connectivity index (χ1v) is 8.47. The van der Waals surface area contributed by atoms with E-state index < -0.39 is 0 Å². The Morgan fingerprint density at radius 1 is 0.571 bits per heavy atom. The molecule has 0 saturated carbocycles. The summed E-state index contributed by atoms with van der Waals surface area (Å²) in [6.07, 6.45) is 8.56. The summed E-state index contributed by atoms with van der Waals surface area (Å²) in [7, 11) is 0. The standard InChI is InChI=1S/C8H6Br6/c9-7(10,11)5-1-2-6(4-3-5)8(12,13)14/h1-6H. The molecule has 0 nitrogen and oxygen atoms in total. The Kier molecular flexibility index (Phi) is 5.50. The van der Waals surface area contributed by atoms with E-state index in [1.165, 1.54) is 0 Å². The van der Waals surface area contributed by atoms with E-state index in [2.05, 4.69) is 120 Å². The van der Waals surface area contributed by atoms with Crippen molar-refractivity contribution in [3.05, 3.63) is 24.3 Å². The Hall–Kier alpha value is 2.36. The van der Waals surface area contributed by atoms with Gasteiger partial charge in [0.25, 0.3) is 0 Å². The molecule has 0 heterocycles. The van der Waals surface area contributed by atoms with Crippen LogP contribution >= 0.6 is 95.6 Å². The highest BCUT2D eigenvalue weighted by Crippen LogP contribution is 2.48. The summed E-state index contributed by atoms with van der Waals surface area (Å²) < 4.78 is -0.503. The van der Waals surface area contributed by atoms with Gasteiger partial charge in [-0.25, -0.2) is 0 Å². The summed E-state index contributed by atoms with van der Waals surface area (Å²) in [4.78, 5) is 0. The first-order chi connectivity index (χ1) is 6.21. The molecule has 14 heavy (non-hydrogen) atoms. The molecule has 0 bridgehead atoms. The van der Waals surface area contributed by atoms with E-state index in [-0.39, 0.29) is 16.1 Å². The van der Waals surface area contributed by atoms with E-state index in [0.717, 1.165) is 0 Å². The third-order valence-electron chi connectivity index (χ3n) is 1.81. The van der Waals surface area contributed by atoms with Gasteiger partial charge in [-0.15, -0.1) is 0 Å². The highest BCUT2D eigenvalue weighted by molar-refractivity contribution is 9.39. The van der Waals surface area contributed by atoms with Gasteiger partial charge in [0.1, 0.15) is 4.29 Å². The lowest BCUT2D eigenvalue weighted by Gasteiger charge is -2.27.